The van der Waals surface area contributed by atoms with E-state index >= 15 is 0 Å². The summed E-state index contributed by atoms with van der Waals surface area (Å²) in [6.07, 6.45) is 3.91. The van der Waals surface area contributed by atoms with Crippen LogP contribution in [0.25, 0.3) is 0 Å². The lowest BCUT2D eigenvalue weighted by Crippen LogP contribution is -2.36. The highest BCUT2D eigenvalue weighted by molar-refractivity contribution is 5.77. The molecule has 0 aliphatic heterocycles. The molecule has 0 atom stereocenters. The van der Waals surface area contributed by atoms with Gasteiger partial charge in [0.15, 0.2) is 0 Å². The van der Waals surface area contributed by atoms with Crippen molar-refractivity contribution in [3.8, 4) is 0 Å². The Morgan fingerprint density at radius 1 is 1.30 bits per heavy atom. The molecule has 110 valence electrons. The number of hydrogen-bond donors (Lipinski definition) is 0. The molecular formula is C18H27NO. The minimum absolute atomic E-state index is 0.334. The summed E-state index contributed by atoms with van der Waals surface area (Å²) in [6.45, 7) is 9.54. The fourth-order valence-electron chi connectivity index (χ4n) is 2.75. The minimum Gasteiger partial charge on any atom is -0.339 e. The van der Waals surface area contributed by atoms with Crippen molar-refractivity contribution in [2.75, 3.05) is 6.54 Å². The summed E-state index contributed by atoms with van der Waals surface area (Å²) in [4.78, 5) is 14.6. The smallest absolute Gasteiger partial charge is 0.223 e. The van der Waals surface area contributed by atoms with E-state index in [-0.39, 0.29) is 0 Å². The van der Waals surface area contributed by atoms with Crippen LogP contribution in [0.5, 0.6) is 0 Å². The molecule has 0 heterocycles. The fraction of sp³-hybridized carbons (Fsp3) is 0.611. The van der Waals surface area contributed by atoms with Crippen LogP contribution >= 0.6 is 0 Å². The van der Waals surface area contributed by atoms with E-state index in [1.807, 2.05) is 0 Å². The monoisotopic (exact) mass is 273 g/mol. The van der Waals surface area contributed by atoms with Gasteiger partial charge in [-0.05, 0) is 50.2 Å². The molecule has 0 aromatic heterocycles. The van der Waals surface area contributed by atoms with Crippen molar-refractivity contribution >= 4 is 5.91 Å². The summed E-state index contributed by atoms with van der Waals surface area (Å²) in [5, 5.41) is 0. The number of carbonyl (C=O) groups excluding carboxylic acids is 1. The van der Waals surface area contributed by atoms with Gasteiger partial charge < -0.3 is 4.90 Å². The third-order valence-electron chi connectivity index (χ3n) is 3.98. The minimum atomic E-state index is 0.334. The van der Waals surface area contributed by atoms with Gasteiger partial charge in [-0.2, -0.15) is 0 Å². The molecule has 0 unspecified atom stereocenters. The first-order valence-electron chi connectivity index (χ1n) is 7.83. The maximum absolute atomic E-state index is 12.4. The van der Waals surface area contributed by atoms with Crippen molar-refractivity contribution in [1.29, 1.82) is 0 Å². The van der Waals surface area contributed by atoms with Gasteiger partial charge in [-0.15, -0.1) is 0 Å². The van der Waals surface area contributed by atoms with Crippen LogP contribution in [-0.4, -0.2) is 23.4 Å². The Bertz CT molecular complexity index is 474. The first-order valence-corrected chi connectivity index (χ1v) is 7.83. The summed E-state index contributed by atoms with van der Waals surface area (Å²) < 4.78 is 0. The Balaban J connectivity index is 1.93. The Kier molecular flexibility index (Phi) is 4.85. The van der Waals surface area contributed by atoms with E-state index in [1.165, 1.54) is 29.5 Å². The zero-order chi connectivity index (χ0) is 14.7. The average Bonchev–Trinajstić information content (AvgIpc) is 3.18. The lowest BCUT2D eigenvalue weighted by Gasteiger charge is -2.24. The van der Waals surface area contributed by atoms with E-state index in [9.17, 15) is 4.79 Å². The van der Waals surface area contributed by atoms with Gasteiger partial charge in [0.2, 0.25) is 5.91 Å². The van der Waals surface area contributed by atoms with E-state index in [4.69, 9.17) is 0 Å². The van der Waals surface area contributed by atoms with Gasteiger partial charge in [0, 0.05) is 19.0 Å². The SMILES string of the molecule is Cc1ccc(CCC(=O)N(CC(C)C)C2CC2)c(C)c1. The normalized spacial score (nSPS) is 14.7. The van der Waals surface area contributed by atoms with Gasteiger partial charge >= 0.3 is 0 Å². The highest BCUT2D eigenvalue weighted by atomic mass is 16.2. The molecule has 0 bridgehead atoms. The summed E-state index contributed by atoms with van der Waals surface area (Å²) in [6, 6.07) is 7.04. The summed E-state index contributed by atoms with van der Waals surface area (Å²) >= 11 is 0. The van der Waals surface area contributed by atoms with Crippen LogP contribution < -0.4 is 0 Å². The molecule has 1 aromatic carbocycles. The van der Waals surface area contributed by atoms with Crippen molar-refractivity contribution < 1.29 is 4.79 Å². The largest absolute Gasteiger partial charge is 0.339 e. The van der Waals surface area contributed by atoms with Gasteiger partial charge in [0.05, 0.1) is 0 Å². The molecule has 1 fully saturated rings. The van der Waals surface area contributed by atoms with Gasteiger partial charge in [-0.1, -0.05) is 37.6 Å². The third-order valence-corrected chi connectivity index (χ3v) is 3.98. The van der Waals surface area contributed by atoms with Crippen LogP contribution in [0.3, 0.4) is 0 Å². The molecule has 20 heavy (non-hydrogen) atoms. The van der Waals surface area contributed by atoms with Crippen LogP contribution in [0.15, 0.2) is 18.2 Å². The van der Waals surface area contributed by atoms with Crippen molar-refractivity contribution in [2.24, 2.45) is 5.92 Å². The first-order chi connectivity index (χ1) is 9.47. The Morgan fingerprint density at radius 2 is 2.00 bits per heavy atom. The molecule has 2 heteroatoms. The van der Waals surface area contributed by atoms with Crippen molar-refractivity contribution in [1.82, 2.24) is 4.90 Å². The van der Waals surface area contributed by atoms with Gasteiger partial charge in [-0.3, -0.25) is 4.79 Å². The van der Waals surface area contributed by atoms with Crippen LogP contribution in [0.1, 0.15) is 49.8 Å². The summed E-state index contributed by atoms with van der Waals surface area (Å²) in [5.74, 6) is 0.891. The van der Waals surface area contributed by atoms with Gasteiger partial charge in [-0.25, -0.2) is 0 Å². The number of amides is 1. The van der Waals surface area contributed by atoms with E-state index in [1.54, 1.807) is 0 Å². The van der Waals surface area contributed by atoms with E-state index < -0.39 is 0 Å². The first kappa shape index (κ1) is 15.1. The molecule has 1 amide bonds. The summed E-state index contributed by atoms with van der Waals surface area (Å²) in [5.41, 5.74) is 3.90. The molecule has 2 nitrogen and oxygen atoms in total. The van der Waals surface area contributed by atoms with Crippen molar-refractivity contribution in [2.45, 2.75) is 59.4 Å². The molecule has 0 N–H and O–H groups in total. The maximum Gasteiger partial charge on any atom is 0.223 e. The quantitative estimate of drug-likeness (QED) is 0.770. The number of nitrogens with zero attached hydrogens (tertiary/aromatic N) is 1. The van der Waals surface area contributed by atoms with Crippen LogP contribution in [0.2, 0.25) is 0 Å². The second-order valence-corrected chi connectivity index (χ2v) is 6.60. The molecule has 1 aliphatic carbocycles. The lowest BCUT2D eigenvalue weighted by molar-refractivity contribution is -0.132. The number of rotatable bonds is 6. The van der Waals surface area contributed by atoms with E-state index in [0.717, 1.165) is 13.0 Å². The maximum atomic E-state index is 12.4. The van der Waals surface area contributed by atoms with Crippen LogP contribution in [-0.2, 0) is 11.2 Å². The zero-order valence-electron chi connectivity index (χ0n) is 13.3. The fourth-order valence-corrected chi connectivity index (χ4v) is 2.75. The number of carbonyl (C=O) groups is 1. The van der Waals surface area contributed by atoms with E-state index in [2.05, 4.69) is 50.8 Å². The number of benzene rings is 1. The van der Waals surface area contributed by atoms with Gasteiger partial charge in [0.1, 0.15) is 0 Å². The molecule has 1 saturated carbocycles. The molecule has 0 saturated heterocycles. The second-order valence-electron chi connectivity index (χ2n) is 6.60. The lowest BCUT2D eigenvalue weighted by atomic mass is 10.0. The molecule has 1 aromatic rings. The molecule has 0 spiro atoms. The highest BCUT2D eigenvalue weighted by Gasteiger charge is 2.32. The number of hydrogen-bond acceptors (Lipinski definition) is 1. The highest BCUT2D eigenvalue weighted by Crippen LogP contribution is 2.28. The number of aryl methyl sites for hydroxylation is 3. The topological polar surface area (TPSA) is 20.3 Å². The molecule has 1 aliphatic rings. The molecule has 2 rings (SSSR count). The molecule has 0 radical (unpaired) electrons. The average molecular weight is 273 g/mol. The predicted molar refractivity (Wildman–Crippen MR) is 83.8 cm³/mol. The van der Waals surface area contributed by atoms with Crippen molar-refractivity contribution in [3.05, 3.63) is 34.9 Å². The standard InChI is InChI=1S/C18H27NO/c1-13(2)12-19(17-8-9-17)18(20)10-7-16-6-5-14(3)11-15(16)4/h5-6,11,13,17H,7-10,12H2,1-4H3. The molecular weight excluding hydrogens is 246 g/mol. The van der Waals surface area contributed by atoms with E-state index in [0.29, 0.717) is 24.3 Å². The Hall–Kier alpha value is -1.31. The van der Waals surface area contributed by atoms with Crippen molar-refractivity contribution in [3.63, 3.8) is 0 Å². The second kappa shape index (κ2) is 6.43. The third kappa shape index (κ3) is 4.09. The zero-order valence-corrected chi connectivity index (χ0v) is 13.3. The summed E-state index contributed by atoms with van der Waals surface area (Å²) in [7, 11) is 0. The van der Waals surface area contributed by atoms with Crippen LogP contribution in [0.4, 0.5) is 0 Å². The Labute approximate surface area is 123 Å². The van der Waals surface area contributed by atoms with Gasteiger partial charge in [0.25, 0.3) is 0 Å². The van der Waals surface area contributed by atoms with Crippen LogP contribution in [0, 0.1) is 19.8 Å². The predicted octanol–water partition coefficient (Wildman–Crippen LogP) is 3.88. The Morgan fingerprint density at radius 3 is 2.55 bits per heavy atom.